The fraction of sp³-hybridized carbons (Fsp3) is 1.00. The summed E-state index contributed by atoms with van der Waals surface area (Å²) in [4.78, 5) is 0. The zero-order valence-electron chi connectivity index (χ0n) is 8.55. The summed E-state index contributed by atoms with van der Waals surface area (Å²) >= 11 is 1.93. The average Bonchev–Trinajstić information content (AvgIpc) is 2.63. The molecule has 1 atom stereocenters. The van der Waals surface area contributed by atoms with Gasteiger partial charge in [-0.15, -0.1) is 0 Å². The molecule has 1 fully saturated rings. The maximum atomic E-state index is 5.51. The molecule has 1 heterocycles. The lowest BCUT2D eigenvalue weighted by Crippen LogP contribution is -2.27. The van der Waals surface area contributed by atoms with E-state index in [1.807, 2.05) is 11.8 Å². The van der Waals surface area contributed by atoms with Crippen LogP contribution in [0.15, 0.2) is 0 Å². The van der Waals surface area contributed by atoms with E-state index in [9.17, 15) is 0 Å². The standard InChI is InChI=1S/C10H21NOS/c1-13-8-3-2-6-11-9-10-5-4-7-12-10/h10-11H,2-9H2,1H3. The maximum absolute atomic E-state index is 5.51. The van der Waals surface area contributed by atoms with Crippen molar-refractivity contribution in [2.24, 2.45) is 0 Å². The van der Waals surface area contributed by atoms with E-state index < -0.39 is 0 Å². The van der Waals surface area contributed by atoms with Gasteiger partial charge in [0.1, 0.15) is 0 Å². The first kappa shape index (κ1) is 11.3. The molecule has 1 unspecified atom stereocenters. The highest BCUT2D eigenvalue weighted by molar-refractivity contribution is 7.98. The first-order valence-corrected chi connectivity index (χ1v) is 6.64. The summed E-state index contributed by atoms with van der Waals surface area (Å²) in [5.41, 5.74) is 0. The first-order chi connectivity index (χ1) is 6.43. The van der Waals surface area contributed by atoms with Crippen LogP contribution in [0.4, 0.5) is 0 Å². The van der Waals surface area contributed by atoms with Gasteiger partial charge in [-0.2, -0.15) is 11.8 Å². The van der Waals surface area contributed by atoms with Gasteiger partial charge in [0.05, 0.1) is 6.10 Å². The molecule has 0 aliphatic carbocycles. The topological polar surface area (TPSA) is 21.3 Å². The average molecular weight is 203 g/mol. The molecule has 0 bridgehead atoms. The molecule has 1 rings (SSSR count). The fourth-order valence-corrected chi connectivity index (χ4v) is 2.06. The van der Waals surface area contributed by atoms with Gasteiger partial charge in [-0.25, -0.2) is 0 Å². The van der Waals surface area contributed by atoms with Crippen LogP contribution in [0.5, 0.6) is 0 Å². The molecule has 0 saturated carbocycles. The molecule has 13 heavy (non-hydrogen) atoms. The molecule has 2 nitrogen and oxygen atoms in total. The Hall–Kier alpha value is 0.270. The van der Waals surface area contributed by atoms with E-state index in [4.69, 9.17) is 4.74 Å². The third kappa shape index (κ3) is 5.55. The third-order valence-electron chi connectivity index (χ3n) is 2.35. The normalized spacial score (nSPS) is 22.4. The van der Waals surface area contributed by atoms with Crippen molar-refractivity contribution >= 4 is 11.8 Å². The number of rotatable bonds is 7. The number of ether oxygens (including phenoxy) is 1. The lowest BCUT2D eigenvalue weighted by molar-refractivity contribution is 0.110. The minimum atomic E-state index is 0.501. The summed E-state index contributed by atoms with van der Waals surface area (Å²) in [6, 6.07) is 0. The Morgan fingerprint density at radius 1 is 1.46 bits per heavy atom. The molecule has 78 valence electrons. The van der Waals surface area contributed by atoms with Gasteiger partial charge in [0, 0.05) is 13.2 Å². The summed E-state index contributed by atoms with van der Waals surface area (Å²) in [6.45, 7) is 3.18. The second-order valence-electron chi connectivity index (χ2n) is 3.54. The Bertz CT molecular complexity index is 115. The second-order valence-corrected chi connectivity index (χ2v) is 4.52. The van der Waals surface area contributed by atoms with Crippen molar-refractivity contribution in [3.8, 4) is 0 Å². The molecule has 0 aromatic heterocycles. The SMILES string of the molecule is CSCCCCNCC1CCCO1. The van der Waals surface area contributed by atoms with Gasteiger partial charge in [0.2, 0.25) is 0 Å². The molecule has 1 aliphatic heterocycles. The Labute approximate surface area is 85.8 Å². The Morgan fingerprint density at radius 2 is 2.38 bits per heavy atom. The monoisotopic (exact) mass is 203 g/mol. The van der Waals surface area contributed by atoms with Crippen LogP contribution in [0.25, 0.3) is 0 Å². The highest BCUT2D eigenvalue weighted by atomic mass is 32.2. The molecule has 3 heteroatoms. The van der Waals surface area contributed by atoms with Gasteiger partial charge in [-0.05, 0) is 44.2 Å². The summed E-state index contributed by atoms with van der Waals surface area (Å²) < 4.78 is 5.51. The van der Waals surface area contributed by atoms with Gasteiger partial charge in [0.15, 0.2) is 0 Å². The van der Waals surface area contributed by atoms with E-state index in [0.29, 0.717) is 6.10 Å². The smallest absolute Gasteiger partial charge is 0.0700 e. The largest absolute Gasteiger partial charge is 0.377 e. The summed E-state index contributed by atoms with van der Waals surface area (Å²) in [5, 5.41) is 3.45. The third-order valence-corrected chi connectivity index (χ3v) is 3.04. The minimum absolute atomic E-state index is 0.501. The van der Waals surface area contributed by atoms with Crippen LogP contribution < -0.4 is 5.32 Å². The van der Waals surface area contributed by atoms with Crippen molar-refractivity contribution in [3.05, 3.63) is 0 Å². The number of unbranched alkanes of at least 4 members (excludes halogenated alkanes) is 1. The molecule has 0 aromatic rings. The maximum Gasteiger partial charge on any atom is 0.0700 e. The van der Waals surface area contributed by atoms with Crippen molar-refractivity contribution in [2.75, 3.05) is 31.7 Å². The molecule has 1 aliphatic rings. The van der Waals surface area contributed by atoms with Crippen LogP contribution in [-0.2, 0) is 4.74 Å². The molecular weight excluding hydrogens is 182 g/mol. The lowest BCUT2D eigenvalue weighted by atomic mass is 10.2. The first-order valence-electron chi connectivity index (χ1n) is 5.24. The van der Waals surface area contributed by atoms with E-state index >= 15 is 0 Å². The number of hydrogen-bond donors (Lipinski definition) is 1. The minimum Gasteiger partial charge on any atom is -0.377 e. The summed E-state index contributed by atoms with van der Waals surface area (Å²) in [6.07, 6.45) is 7.80. The van der Waals surface area contributed by atoms with Gasteiger partial charge in [-0.3, -0.25) is 0 Å². The van der Waals surface area contributed by atoms with E-state index in [0.717, 1.165) is 19.7 Å². The van der Waals surface area contributed by atoms with Crippen LogP contribution in [-0.4, -0.2) is 37.8 Å². The van der Waals surface area contributed by atoms with Crippen molar-refractivity contribution in [1.29, 1.82) is 0 Å². The number of hydrogen-bond acceptors (Lipinski definition) is 3. The van der Waals surface area contributed by atoms with Crippen LogP contribution >= 0.6 is 11.8 Å². The number of nitrogens with one attached hydrogen (secondary N) is 1. The summed E-state index contributed by atoms with van der Waals surface area (Å²) in [7, 11) is 0. The van der Waals surface area contributed by atoms with Crippen LogP contribution in [0.2, 0.25) is 0 Å². The predicted molar refractivity (Wildman–Crippen MR) is 59.5 cm³/mol. The van der Waals surface area contributed by atoms with Crippen LogP contribution in [0, 0.1) is 0 Å². The second kappa shape index (κ2) is 7.65. The number of thioether (sulfide) groups is 1. The van der Waals surface area contributed by atoms with Gasteiger partial charge < -0.3 is 10.1 Å². The molecule has 1 N–H and O–H groups in total. The van der Waals surface area contributed by atoms with E-state index in [1.165, 1.54) is 31.4 Å². The highest BCUT2D eigenvalue weighted by Crippen LogP contribution is 2.10. The zero-order valence-corrected chi connectivity index (χ0v) is 9.37. The van der Waals surface area contributed by atoms with Crippen LogP contribution in [0.3, 0.4) is 0 Å². The van der Waals surface area contributed by atoms with Gasteiger partial charge in [-0.1, -0.05) is 0 Å². The van der Waals surface area contributed by atoms with E-state index in [2.05, 4.69) is 11.6 Å². The Morgan fingerprint density at radius 3 is 3.08 bits per heavy atom. The molecule has 0 radical (unpaired) electrons. The van der Waals surface area contributed by atoms with Crippen molar-refractivity contribution in [1.82, 2.24) is 5.32 Å². The zero-order chi connectivity index (χ0) is 9.36. The Kier molecular flexibility index (Phi) is 6.68. The predicted octanol–water partition coefficient (Wildman–Crippen LogP) is 1.90. The van der Waals surface area contributed by atoms with E-state index in [-0.39, 0.29) is 0 Å². The van der Waals surface area contributed by atoms with Crippen molar-refractivity contribution in [3.63, 3.8) is 0 Å². The van der Waals surface area contributed by atoms with Crippen LogP contribution in [0.1, 0.15) is 25.7 Å². The Balaban J connectivity index is 1.78. The molecular formula is C10H21NOS. The van der Waals surface area contributed by atoms with Crippen molar-refractivity contribution < 1.29 is 4.74 Å². The molecule has 1 saturated heterocycles. The fourth-order valence-electron chi connectivity index (χ4n) is 1.56. The van der Waals surface area contributed by atoms with Crippen molar-refractivity contribution in [2.45, 2.75) is 31.8 Å². The quantitative estimate of drug-likeness (QED) is 0.639. The van der Waals surface area contributed by atoms with Gasteiger partial charge >= 0.3 is 0 Å². The molecule has 0 spiro atoms. The summed E-state index contributed by atoms with van der Waals surface area (Å²) in [5.74, 6) is 1.29. The van der Waals surface area contributed by atoms with Gasteiger partial charge in [0.25, 0.3) is 0 Å². The molecule has 0 aromatic carbocycles. The lowest BCUT2D eigenvalue weighted by Gasteiger charge is -2.10. The molecule has 0 amide bonds. The van der Waals surface area contributed by atoms with E-state index in [1.54, 1.807) is 0 Å². The highest BCUT2D eigenvalue weighted by Gasteiger charge is 2.13.